The van der Waals surface area contributed by atoms with Crippen LogP contribution < -0.4 is 5.32 Å². The number of alkyl halides is 2. The third kappa shape index (κ3) is 7.15. The molecule has 0 saturated heterocycles. The van der Waals surface area contributed by atoms with E-state index < -0.39 is 12.0 Å². The Labute approximate surface area is 228 Å². The summed E-state index contributed by atoms with van der Waals surface area (Å²) in [4.78, 5) is 25.7. The molecule has 1 fully saturated rings. The van der Waals surface area contributed by atoms with Gasteiger partial charge in [0.15, 0.2) is 0 Å². The number of aliphatic hydroxyl groups is 1. The summed E-state index contributed by atoms with van der Waals surface area (Å²) in [5, 5.41) is 14.4. The van der Waals surface area contributed by atoms with Crippen molar-refractivity contribution in [1.29, 1.82) is 0 Å². The maximum Gasteiger partial charge on any atom is 0.308 e. The van der Waals surface area contributed by atoms with E-state index in [2.05, 4.69) is 20.3 Å². The number of hydrogen-bond acceptors (Lipinski definition) is 7. The Morgan fingerprint density at radius 2 is 1.85 bits per heavy atom. The summed E-state index contributed by atoms with van der Waals surface area (Å²) in [6.07, 6.45) is 3.24. The summed E-state index contributed by atoms with van der Waals surface area (Å²) in [7, 11) is 0. The lowest BCUT2D eigenvalue weighted by Crippen LogP contribution is -2.37. The Bertz CT molecular complexity index is 1270. The topological polar surface area (TPSA) is 97.2 Å². The summed E-state index contributed by atoms with van der Waals surface area (Å²) in [6, 6.07) is 9.97. The number of rotatable bonds is 9. The average Bonchev–Trinajstić information content (AvgIpc) is 2.91. The van der Waals surface area contributed by atoms with Gasteiger partial charge in [-0.1, -0.05) is 13.8 Å². The lowest BCUT2D eigenvalue weighted by Gasteiger charge is -2.37. The SMILES string of the molecule is Cc1cc(Nc2cc(C(F)F)ccn2)nc(-c2ccc(C(C)(O)[C@H]3CC[C@H](C(=O)OCC(C)C)CC3)nc2)c1. The number of pyridine rings is 3. The van der Waals surface area contributed by atoms with Gasteiger partial charge in [-0.2, -0.15) is 0 Å². The zero-order valence-corrected chi connectivity index (χ0v) is 22.8. The standard InChI is InChI=1S/C30H36F2N4O3/c1-18(2)17-39-29(37)20-5-8-23(9-6-20)30(4,38)25-10-7-22(16-34-25)24-13-19(3)14-27(35-24)36-26-15-21(28(31)32)11-12-33-26/h7,10-16,18,20,23,28,38H,5-6,8-9,17H2,1-4H3,(H,33,35,36)/t20-,23-,30?. The number of carbonyl (C=O) groups excluding carboxylic acids is 1. The fourth-order valence-electron chi connectivity index (χ4n) is 4.97. The Morgan fingerprint density at radius 1 is 1.10 bits per heavy atom. The highest BCUT2D eigenvalue weighted by Gasteiger charge is 2.39. The smallest absolute Gasteiger partial charge is 0.308 e. The molecule has 9 heteroatoms. The van der Waals surface area contributed by atoms with Crippen molar-refractivity contribution in [3.63, 3.8) is 0 Å². The fraction of sp³-hybridized carbons (Fsp3) is 0.467. The third-order valence-electron chi connectivity index (χ3n) is 7.25. The molecule has 0 aromatic carbocycles. The van der Waals surface area contributed by atoms with Crippen LogP contribution >= 0.6 is 0 Å². The number of esters is 1. The van der Waals surface area contributed by atoms with Crippen molar-refractivity contribution < 1.29 is 23.4 Å². The van der Waals surface area contributed by atoms with E-state index in [4.69, 9.17) is 4.74 Å². The quantitative estimate of drug-likeness (QED) is 0.291. The molecule has 3 aromatic rings. The molecule has 1 aliphatic carbocycles. The van der Waals surface area contributed by atoms with Crippen LogP contribution in [0.2, 0.25) is 0 Å². The molecular formula is C30H36F2N4O3. The molecule has 39 heavy (non-hydrogen) atoms. The Balaban J connectivity index is 1.44. The van der Waals surface area contributed by atoms with Crippen LogP contribution in [0.4, 0.5) is 20.4 Å². The number of anilines is 2. The second-order valence-corrected chi connectivity index (χ2v) is 11.0. The van der Waals surface area contributed by atoms with Crippen molar-refractivity contribution in [3.05, 3.63) is 65.6 Å². The molecule has 3 heterocycles. The van der Waals surface area contributed by atoms with Gasteiger partial charge in [0.2, 0.25) is 0 Å². The summed E-state index contributed by atoms with van der Waals surface area (Å²) < 4.78 is 31.5. The molecule has 0 bridgehead atoms. The van der Waals surface area contributed by atoms with E-state index in [1.54, 1.807) is 13.1 Å². The van der Waals surface area contributed by atoms with Gasteiger partial charge in [-0.25, -0.2) is 18.7 Å². The molecule has 1 unspecified atom stereocenters. The van der Waals surface area contributed by atoms with Crippen molar-refractivity contribution in [1.82, 2.24) is 15.0 Å². The van der Waals surface area contributed by atoms with Gasteiger partial charge in [-0.05, 0) is 93.3 Å². The van der Waals surface area contributed by atoms with Crippen LogP contribution in [0.3, 0.4) is 0 Å². The number of nitrogens with one attached hydrogen (secondary N) is 1. The zero-order chi connectivity index (χ0) is 28.2. The van der Waals surface area contributed by atoms with Gasteiger partial charge in [0, 0.05) is 23.5 Å². The van der Waals surface area contributed by atoms with E-state index in [0.717, 1.165) is 11.1 Å². The van der Waals surface area contributed by atoms with Crippen molar-refractivity contribution in [2.75, 3.05) is 11.9 Å². The monoisotopic (exact) mass is 538 g/mol. The van der Waals surface area contributed by atoms with Crippen LogP contribution in [-0.2, 0) is 15.1 Å². The van der Waals surface area contributed by atoms with E-state index in [1.165, 1.54) is 18.3 Å². The fourth-order valence-corrected chi connectivity index (χ4v) is 4.97. The second-order valence-electron chi connectivity index (χ2n) is 11.0. The minimum atomic E-state index is -2.59. The van der Waals surface area contributed by atoms with Crippen LogP contribution in [0, 0.1) is 24.7 Å². The predicted octanol–water partition coefficient (Wildman–Crippen LogP) is 6.74. The molecular weight excluding hydrogens is 502 g/mol. The number of aryl methyl sites for hydroxylation is 1. The second kappa shape index (κ2) is 12.2. The molecule has 1 saturated carbocycles. The first-order valence-electron chi connectivity index (χ1n) is 13.4. The molecule has 0 aliphatic heterocycles. The Hall–Kier alpha value is -3.46. The van der Waals surface area contributed by atoms with E-state index in [9.17, 15) is 18.7 Å². The van der Waals surface area contributed by atoms with Crippen LogP contribution in [-0.4, -0.2) is 32.6 Å². The molecule has 1 aliphatic rings. The zero-order valence-electron chi connectivity index (χ0n) is 22.8. The Morgan fingerprint density at radius 3 is 2.49 bits per heavy atom. The number of carbonyl (C=O) groups is 1. The molecule has 4 rings (SSSR count). The van der Waals surface area contributed by atoms with Crippen LogP contribution in [0.15, 0.2) is 48.8 Å². The highest BCUT2D eigenvalue weighted by molar-refractivity contribution is 5.72. The lowest BCUT2D eigenvalue weighted by atomic mass is 9.73. The highest BCUT2D eigenvalue weighted by atomic mass is 19.3. The number of aromatic nitrogens is 3. The molecule has 0 amide bonds. The first kappa shape index (κ1) is 28.5. The summed E-state index contributed by atoms with van der Waals surface area (Å²) >= 11 is 0. The highest BCUT2D eigenvalue weighted by Crippen LogP contribution is 2.41. The van der Waals surface area contributed by atoms with Crippen molar-refractivity contribution in [3.8, 4) is 11.3 Å². The molecule has 208 valence electrons. The maximum absolute atomic E-state index is 13.1. The number of hydrogen-bond donors (Lipinski definition) is 2. The van der Waals surface area contributed by atoms with E-state index in [0.29, 0.717) is 55.4 Å². The maximum atomic E-state index is 13.1. The van der Waals surface area contributed by atoms with Gasteiger partial charge >= 0.3 is 5.97 Å². The summed E-state index contributed by atoms with van der Waals surface area (Å²) in [5.74, 6) is 0.790. The predicted molar refractivity (Wildman–Crippen MR) is 145 cm³/mol. The minimum Gasteiger partial charge on any atom is -0.465 e. The molecule has 7 nitrogen and oxygen atoms in total. The normalized spacial score (nSPS) is 19.1. The molecule has 0 radical (unpaired) electrons. The first-order valence-corrected chi connectivity index (χ1v) is 13.4. The van der Waals surface area contributed by atoms with E-state index in [1.807, 2.05) is 45.0 Å². The van der Waals surface area contributed by atoms with Crippen molar-refractivity contribution >= 4 is 17.6 Å². The van der Waals surface area contributed by atoms with Gasteiger partial charge in [0.1, 0.15) is 17.2 Å². The van der Waals surface area contributed by atoms with Crippen LogP contribution in [0.25, 0.3) is 11.3 Å². The molecule has 3 aromatic heterocycles. The van der Waals surface area contributed by atoms with Gasteiger partial charge in [0.25, 0.3) is 6.43 Å². The molecule has 1 atom stereocenters. The van der Waals surface area contributed by atoms with Crippen LogP contribution in [0.5, 0.6) is 0 Å². The van der Waals surface area contributed by atoms with Gasteiger partial charge in [-0.15, -0.1) is 0 Å². The lowest BCUT2D eigenvalue weighted by molar-refractivity contribution is -0.152. The number of ether oxygens (including phenoxy) is 1. The Kier molecular flexibility index (Phi) is 8.90. The van der Waals surface area contributed by atoms with Crippen LogP contribution in [0.1, 0.15) is 69.7 Å². The third-order valence-corrected chi connectivity index (χ3v) is 7.25. The molecule has 2 N–H and O–H groups in total. The van der Waals surface area contributed by atoms with Crippen molar-refractivity contribution in [2.24, 2.45) is 17.8 Å². The minimum absolute atomic E-state index is 0.0191. The number of halogens is 2. The first-order chi connectivity index (χ1) is 18.5. The number of nitrogens with zero attached hydrogens (tertiary/aromatic N) is 3. The van der Waals surface area contributed by atoms with Gasteiger partial charge in [0.05, 0.1) is 23.9 Å². The summed E-state index contributed by atoms with van der Waals surface area (Å²) in [6.45, 7) is 8.16. The summed E-state index contributed by atoms with van der Waals surface area (Å²) in [5.41, 5.74) is 1.64. The van der Waals surface area contributed by atoms with Gasteiger partial charge < -0.3 is 15.2 Å². The van der Waals surface area contributed by atoms with E-state index in [-0.39, 0.29) is 29.2 Å². The average molecular weight is 539 g/mol. The largest absolute Gasteiger partial charge is 0.465 e. The molecule has 0 spiro atoms. The van der Waals surface area contributed by atoms with Gasteiger partial charge in [-0.3, -0.25) is 9.78 Å². The van der Waals surface area contributed by atoms with Crippen molar-refractivity contribution in [2.45, 2.75) is 65.4 Å². The van der Waals surface area contributed by atoms with E-state index >= 15 is 0 Å².